The molecule has 0 unspecified atom stereocenters. The molecule has 10 heteroatoms. The van der Waals surface area contributed by atoms with Gasteiger partial charge < -0.3 is 14.5 Å². The van der Waals surface area contributed by atoms with Gasteiger partial charge in [-0.15, -0.1) is 11.3 Å². The van der Waals surface area contributed by atoms with Gasteiger partial charge in [-0.1, -0.05) is 0 Å². The second-order valence-electron chi connectivity index (χ2n) is 6.37. The van der Waals surface area contributed by atoms with Crippen molar-refractivity contribution in [3.05, 3.63) is 57.7 Å². The molecule has 0 spiro atoms. The van der Waals surface area contributed by atoms with Crippen molar-refractivity contribution in [2.45, 2.75) is 13.8 Å². The van der Waals surface area contributed by atoms with Crippen molar-refractivity contribution in [1.29, 1.82) is 0 Å². The minimum Gasteiger partial charge on any atom is -0.460 e. The average molecular weight is 435 g/mol. The first-order chi connectivity index (χ1) is 14.3. The molecule has 0 aliphatic heterocycles. The van der Waals surface area contributed by atoms with E-state index in [0.29, 0.717) is 11.3 Å². The number of anilines is 1. The molecule has 1 aromatic carbocycles. The lowest BCUT2D eigenvalue weighted by atomic mass is 10.1. The first kappa shape index (κ1) is 21.6. The van der Waals surface area contributed by atoms with Crippen molar-refractivity contribution >= 4 is 28.3 Å². The van der Waals surface area contributed by atoms with Crippen LogP contribution in [0, 0.1) is 25.5 Å². The van der Waals surface area contributed by atoms with Crippen LogP contribution in [0.25, 0.3) is 11.3 Å². The Morgan fingerprint density at radius 2 is 2.00 bits per heavy atom. The fraction of sp³-hybridized carbons (Fsp3) is 0.250. The molecule has 0 fully saturated rings. The summed E-state index contributed by atoms with van der Waals surface area (Å²) in [4.78, 5) is 32.0. The summed E-state index contributed by atoms with van der Waals surface area (Å²) >= 11 is 1.07. The maximum Gasteiger partial charge on any atom is 0.340 e. The highest BCUT2D eigenvalue weighted by Crippen LogP contribution is 2.28. The van der Waals surface area contributed by atoms with Crippen LogP contribution in [0.3, 0.4) is 0 Å². The lowest BCUT2D eigenvalue weighted by Gasteiger charge is -2.05. The Hall–Kier alpha value is -3.11. The first-order valence-corrected chi connectivity index (χ1v) is 9.77. The number of ether oxygens (including phenoxy) is 2. The van der Waals surface area contributed by atoms with Gasteiger partial charge in [0.15, 0.2) is 5.13 Å². The summed E-state index contributed by atoms with van der Waals surface area (Å²) in [6.45, 7) is 3.64. The predicted molar refractivity (Wildman–Crippen MR) is 108 cm³/mol. The molecule has 0 aliphatic carbocycles. The molecule has 0 radical (unpaired) electrons. The van der Waals surface area contributed by atoms with Gasteiger partial charge in [0, 0.05) is 23.7 Å². The zero-order valence-corrected chi connectivity index (χ0v) is 17.3. The van der Waals surface area contributed by atoms with E-state index in [2.05, 4.69) is 15.3 Å². The molecule has 3 rings (SSSR count). The molecule has 7 nitrogen and oxygen atoms in total. The van der Waals surface area contributed by atoms with Gasteiger partial charge in [0.25, 0.3) is 5.91 Å². The molecular formula is C20H19F2N3O4S. The number of aromatic amines is 1. The number of hydrogen-bond donors (Lipinski definition) is 2. The van der Waals surface area contributed by atoms with E-state index in [4.69, 9.17) is 9.47 Å². The van der Waals surface area contributed by atoms with Crippen molar-refractivity contribution in [3.8, 4) is 11.3 Å². The number of nitrogens with zero attached hydrogens (tertiary/aromatic N) is 1. The summed E-state index contributed by atoms with van der Waals surface area (Å²) in [5, 5.41) is 4.32. The van der Waals surface area contributed by atoms with E-state index >= 15 is 0 Å². The number of aryl methyl sites for hydroxylation is 1. The number of aromatic nitrogens is 2. The van der Waals surface area contributed by atoms with E-state index in [0.717, 1.165) is 29.5 Å². The number of benzene rings is 1. The average Bonchev–Trinajstić information content (AvgIpc) is 3.27. The summed E-state index contributed by atoms with van der Waals surface area (Å²) in [7, 11) is 1.50. The fourth-order valence-electron chi connectivity index (χ4n) is 2.88. The maximum absolute atomic E-state index is 13.9. The van der Waals surface area contributed by atoms with Gasteiger partial charge in [-0.05, 0) is 37.6 Å². The van der Waals surface area contributed by atoms with Gasteiger partial charge in [-0.25, -0.2) is 18.6 Å². The van der Waals surface area contributed by atoms with Gasteiger partial charge in [0.1, 0.15) is 23.9 Å². The smallest absolute Gasteiger partial charge is 0.340 e. The number of esters is 1. The quantitative estimate of drug-likeness (QED) is 0.431. The Labute approximate surface area is 175 Å². The minimum absolute atomic E-state index is 0.000242. The van der Waals surface area contributed by atoms with E-state index in [1.807, 2.05) is 0 Å². The number of hydrogen-bond acceptors (Lipinski definition) is 6. The molecule has 158 valence electrons. The Morgan fingerprint density at radius 3 is 2.73 bits per heavy atom. The van der Waals surface area contributed by atoms with Crippen LogP contribution in [-0.4, -0.2) is 42.2 Å². The number of amides is 1. The zero-order chi connectivity index (χ0) is 21.8. The summed E-state index contributed by atoms with van der Waals surface area (Å²) in [5.74, 6) is -2.29. The summed E-state index contributed by atoms with van der Waals surface area (Å²) in [6, 6.07) is 3.07. The van der Waals surface area contributed by atoms with Crippen molar-refractivity contribution in [2.75, 3.05) is 25.6 Å². The van der Waals surface area contributed by atoms with Gasteiger partial charge in [-0.2, -0.15) is 0 Å². The molecule has 0 aliphatic rings. The van der Waals surface area contributed by atoms with Crippen molar-refractivity contribution in [3.63, 3.8) is 0 Å². The molecule has 2 heterocycles. The summed E-state index contributed by atoms with van der Waals surface area (Å²) < 4.78 is 37.3. The van der Waals surface area contributed by atoms with Crippen molar-refractivity contribution in [1.82, 2.24) is 9.97 Å². The summed E-state index contributed by atoms with van der Waals surface area (Å²) in [6.07, 6.45) is 0. The topological polar surface area (TPSA) is 93.3 Å². The van der Waals surface area contributed by atoms with Crippen LogP contribution >= 0.6 is 11.3 Å². The number of nitrogens with one attached hydrogen (secondary N) is 2. The maximum atomic E-state index is 13.9. The van der Waals surface area contributed by atoms with Crippen LogP contribution in [0.5, 0.6) is 0 Å². The SMILES string of the molecule is COCCOC(=O)c1c(C)[nH]c(C(=O)Nc2nc(-c3cc(F)ccc3F)cs2)c1C. The van der Waals surface area contributed by atoms with Crippen molar-refractivity contribution < 1.29 is 27.8 Å². The lowest BCUT2D eigenvalue weighted by molar-refractivity contribution is 0.0386. The van der Waals surface area contributed by atoms with E-state index < -0.39 is 23.5 Å². The summed E-state index contributed by atoms with van der Waals surface area (Å²) in [5.41, 5.74) is 1.58. The number of thiazole rings is 1. The van der Waals surface area contributed by atoms with E-state index in [1.165, 1.54) is 12.5 Å². The zero-order valence-electron chi connectivity index (χ0n) is 16.5. The van der Waals surface area contributed by atoms with Crippen LogP contribution in [0.1, 0.15) is 32.1 Å². The number of rotatable bonds is 7. The minimum atomic E-state index is -0.618. The first-order valence-electron chi connectivity index (χ1n) is 8.89. The highest BCUT2D eigenvalue weighted by atomic mass is 32.1. The van der Waals surface area contributed by atoms with Gasteiger partial charge in [0.05, 0.1) is 17.9 Å². The number of carbonyl (C=O) groups is 2. The van der Waals surface area contributed by atoms with Gasteiger partial charge in [-0.3, -0.25) is 10.1 Å². The Morgan fingerprint density at radius 1 is 1.23 bits per heavy atom. The van der Waals surface area contributed by atoms with E-state index in [9.17, 15) is 18.4 Å². The Kier molecular flexibility index (Phi) is 6.58. The molecule has 0 bridgehead atoms. The predicted octanol–water partition coefficient (Wildman–Crippen LogP) is 4.09. The van der Waals surface area contributed by atoms with Crippen LogP contribution < -0.4 is 5.32 Å². The van der Waals surface area contributed by atoms with E-state index in [-0.39, 0.29) is 40.9 Å². The fourth-order valence-corrected chi connectivity index (χ4v) is 3.59. The monoisotopic (exact) mass is 435 g/mol. The number of H-pyrrole nitrogens is 1. The normalized spacial score (nSPS) is 10.8. The third-order valence-corrected chi connectivity index (χ3v) is 5.08. The van der Waals surface area contributed by atoms with Gasteiger partial charge >= 0.3 is 5.97 Å². The molecule has 30 heavy (non-hydrogen) atoms. The number of carbonyl (C=O) groups excluding carboxylic acids is 2. The molecule has 0 atom stereocenters. The van der Waals surface area contributed by atoms with E-state index in [1.54, 1.807) is 13.8 Å². The number of halogens is 2. The molecule has 1 amide bonds. The molecule has 0 saturated heterocycles. The Balaban J connectivity index is 1.77. The van der Waals surface area contributed by atoms with Crippen LogP contribution in [0.2, 0.25) is 0 Å². The molecular weight excluding hydrogens is 416 g/mol. The van der Waals surface area contributed by atoms with Gasteiger partial charge in [0.2, 0.25) is 0 Å². The molecule has 2 N–H and O–H groups in total. The molecule has 2 aromatic heterocycles. The molecule has 3 aromatic rings. The van der Waals surface area contributed by atoms with Crippen molar-refractivity contribution in [2.24, 2.45) is 0 Å². The third kappa shape index (κ3) is 4.55. The second kappa shape index (κ2) is 9.14. The third-order valence-electron chi connectivity index (χ3n) is 4.32. The number of methoxy groups -OCH3 is 1. The van der Waals surface area contributed by atoms with Crippen LogP contribution in [-0.2, 0) is 9.47 Å². The van der Waals surface area contributed by atoms with Crippen LogP contribution in [0.4, 0.5) is 13.9 Å². The highest BCUT2D eigenvalue weighted by Gasteiger charge is 2.23. The molecule has 0 saturated carbocycles. The van der Waals surface area contributed by atoms with Crippen LogP contribution in [0.15, 0.2) is 23.6 Å². The second-order valence-corrected chi connectivity index (χ2v) is 7.23. The largest absolute Gasteiger partial charge is 0.460 e. The lowest BCUT2D eigenvalue weighted by Crippen LogP contribution is -2.14. The highest BCUT2D eigenvalue weighted by molar-refractivity contribution is 7.14. The standard InChI is InChI=1S/C20H19F2N3O4S/c1-10-16(19(27)29-7-6-28-3)11(2)23-17(10)18(26)25-20-24-15(9-30-20)13-8-12(21)4-5-14(13)22/h4-5,8-9,23H,6-7H2,1-3H3,(H,24,25,26). The Bertz CT molecular complexity index is 1090.